The molecule has 42 heavy (non-hydrogen) atoms. The molecule has 6 rings (SSSR count). The number of benzene rings is 2. The van der Waals surface area contributed by atoms with Crippen molar-refractivity contribution in [3.63, 3.8) is 0 Å². The molecule has 2 aliphatic rings. The highest BCUT2D eigenvalue weighted by Gasteiger charge is 2.28. The highest BCUT2D eigenvalue weighted by Crippen LogP contribution is 2.35. The molecule has 1 fully saturated rings. The van der Waals surface area contributed by atoms with Gasteiger partial charge in [-0.2, -0.15) is 5.10 Å². The number of rotatable bonds is 8. The number of hydrogen-bond donors (Lipinski definition) is 3. The quantitative estimate of drug-likeness (QED) is 0.172. The number of carbonyl (C=O) groups excluding carboxylic acids is 1. The molecule has 0 spiro atoms. The van der Waals surface area contributed by atoms with Gasteiger partial charge in [0.25, 0.3) is 0 Å². The van der Waals surface area contributed by atoms with E-state index in [4.69, 9.17) is 15.2 Å². The lowest BCUT2D eigenvalue weighted by molar-refractivity contribution is 0.0775. The maximum absolute atomic E-state index is 15.4. The maximum Gasteiger partial charge on any atom is 0.214 e. The minimum absolute atomic E-state index is 0.0190. The molecular formula is C30H30F2N6O3S. The molecule has 2 aromatic carbocycles. The van der Waals surface area contributed by atoms with Crippen molar-refractivity contribution in [1.29, 1.82) is 0 Å². The summed E-state index contributed by atoms with van der Waals surface area (Å²) in [6, 6.07) is 11.7. The summed E-state index contributed by atoms with van der Waals surface area (Å²) in [6.45, 7) is 6.79. The Labute approximate surface area is 245 Å². The lowest BCUT2D eigenvalue weighted by atomic mass is 10.0. The first-order chi connectivity index (χ1) is 20.3. The number of anilines is 2. The van der Waals surface area contributed by atoms with Gasteiger partial charge < -0.3 is 24.9 Å². The Hall–Kier alpha value is -4.13. The van der Waals surface area contributed by atoms with Crippen LogP contribution in [-0.4, -0.2) is 57.3 Å². The van der Waals surface area contributed by atoms with Crippen molar-refractivity contribution >= 4 is 46.0 Å². The number of H-pyrrole nitrogens is 1. The highest BCUT2D eigenvalue weighted by molar-refractivity contribution is 7.98. The molecule has 3 heterocycles. The zero-order valence-electron chi connectivity index (χ0n) is 23.1. The third kappa shape index (κ3) is 5.52. The van der Waals surface area contributed by atoms with E-state index in [9.17, 15) is 9.18 Å². The molecule has 4 N–H and O–H groups in total. The number of halogens is 2. The van der Waals surface area contributed by atoms with Crippen molar-refractivity contribution in [2.24, 2.45) is 0 Å². The predicted molar refractivity (Wildman–Crippen MR) is 160 cm³/mol. The number of aromatic amines is 1. The molecule has 4 aromatic rings. The van der Waals surface area contributed by atoms with E-state index in [2.05, 4.69) is 19.1 Å². The molecule has 9 nitrogen and oxygen atoms in total. The molecule has 0 bridgehead atoms. The van der Waals surface area contributed by atoms with E-state index in [1.165, 1.54) is 35.1 Å². The summed E-state index contributed by atoms with van der Waals surface area (Å²) in [7, 11) is 0. The summed E-state index contributed by atoms with van der Waals surface area (Å²) >= 11 is 1.53. The first-order valence-electron chi connectivity index (χ1n) is 13.5. The Kier molecular flexibility index (Phi) is 7.76. The first-order valence-corrected chi connectivity index (χ1v) is 14.3. The number of carbonyl (C=O) groups is 1. The Morgan fingerprint density at radius 3 is 2.74 bits per heavy atom. The molecule has 0 saturated carbocycles. The number of hydrogen-bond acceptors (Lipinski definition) is 8. The van der Waals surface area contributed by atoms with Crippen LogP contribution in [0.4, 0.5) is 20.3 Å². The summed E-state index contributed by atoms with van der Waals surface area (Å²) < 4.78 is 47.3. The van der Waals surface area contributed by atoms with E-state index >= 15 is 4.39 Å². The third-order valence-electron chi connectivity index (χ3n) is 7.29. The molecule has 0 amide bonds. The highest BCUT2D eigenvalue weighted by atomic mass is 32.2. The number of aromatic nitrogens is 3. The van der Waals surface area contributed by atoms with Crippen molar-refractivity contribution in [2.45, 2.75) is 26.4 Å². The number of ether oxygens (including phenoxy) is 2. The van der Waals surface area contributed by atoms with Gasteiger partial charge >= 0.3 is 0 Å². The molecular weight excluding hydrogens is 562 g/mol. The summed E-state index contributed by atoms with van der Waals surface area (Å²) in [5.74, 6) is -1.35. The number of nitrogen functional groups attached to an aromatic ring is 1. The molecule has 1 aliphatic carbocycles. The molecule has 2 aromatic heterocycles. The second kappa shape index (κ2) is 11.6. The Morgan fingerprint density at radius 1 is 1.19 bits per heavy atom. The number of ketones is 1. The second-order valence-electron chi connectivity index (χ2n) is 10.3. The number of nitrogens with one attached hydrogen (secondary N) is 2. The summed E-state index contributed by atoms with van der Waals surface area (Å²) in [5.41, 5.74) is 10.3. The van der Waals surface area contributed by atoms with Crippen LogP contribution in [0.2, 0.25) is 0 Å². The van der Waals surface area contributed by atoms with Gasteiger partial charge in [-0.3, -0.25) is 4.79 Å². The zero-order chi connectivity index (χ0) is 29.4. The summed E-state index contributed by atoms with van der Waals surface area (Å²) in [6.07, 6.45) is 2.20. The lowest BCUT2D eigenvalue weighted by Crippen LogP contribution is -2.32. The summed E-state index contributed by atoms with van der Waals surface area (Å²) in [4.78, 5) is 16.7. The van der Waals surface area contributed by atoms with Gasteiger partial charge in [0.1, 0.15) is 23.4 Å². The minimum Gasteiger partial charge on any atom is -0.483 e. The molecule has 218 valence electrons. The van der Waals surface area contributed by atoms with Crippen molar-refractivity contribution in [3.05, 3.63) is 88.8 Å². The van der Waals surface area contributed by atoms with Crippen LogP contribution in [-0.2, 0) is 4.74 Å². The van der Waals surface area contributed by atoms with Crippen molar-refractivity contribution in [2.75, 3.05) is 36.8 Å². The van der Waals surface area contributed by atoms with Crippen LogP contribution < -0.4 is 15.2 Å². The Balaban J connectivity index is 1.20. The van der Waals surface area contributed by atoms with Crippen molar-refractivity contribution < 1.29 is 23.0 Å². The van der Waals surface area contributed by atoms with Crippen LogP contribution in [0.3, 0.4) is 0 Å². The average Bonchev–Trinajstić information content (AvgIpc) is 3.56. The zero-order valence-corrected chi connectivity index (χ0v) is 23.9. The van der Waals surface area contributed by atoms with E-state index in [1.54, 1.807) is 31.2 Å². The molecule has 0 radical (unpaired) electrons. The largest absolute Gasteiger partial charge is 0.483 e. The smallest absolute Gasteiger partial charge is 0.214 e. The van der Waals surface area contributed by atoms with Gasteiger partial charge in [-0.25, -0.2) is 17.8 Å². The van der Waals surface area contributed by atoms with Crippen LogP contribution in [0.1, 0.15) is 35.0 Å². The van der Waals surface area contributed by atoms with Crippen LogP contribution in [0.15, 0.2) is 66.1 Å². The number of morpholine rings is 1. The second-order valence-corrected chi connectivity index (χ2v) is 11.2. The fourth-order valence-corrected chi connectivity index (χ4v) is 5.88. The topological polar surface area (TPSA) is 110 Å². The van der Waals surface area contributed by atoms with Crippen molar-refractivity contribution in [3.8, 4) is 5.75 Å². The summed E-state index contributed by atoms with van der Waals surface area (Å²) in [5, 5.41) is 5.13. The van der Waals surface area contributed by atoms with E-state index in [0.717, 1.165) is 35.2 Å². The predicted octanol–water partition coefficient (Wildman–Crippen LogP) is 5.87. The Bertz CT molecular complexity index is 1720. The molecule has 12 heteroatoms. The number of para-hydroxylation sites is 1. The number of aryl methyl sites for hydroxylation is 1. The van der Waals surface area contributed by atoms with Gasteiger partial charge in [-0.15, -0.1) is 0 Å². The molecule has 1 aliphatic heterocycles. The SMILES string of the molecule is CC1=CC(Oc2ccccc2F)CC(F)=C1n1ncc(C(=O)c2cc3cc(C)c(NSN4CCOCC4)cc3[nH]2)c1N. The van der Waals surface area contributed by atoms with Crippen LogP contribution in [0, 0.1) is 12.7 Å². The van der Waals surface area contributed by atoms with E-state index in [1.807, 2.05) is 19.1 Å². The van der Waals surface area contributed by atoms with Crippen LogP contribution in [0.5, 0.6) is 5.75 Å². The van der Waals surface area contributed by atoms with Gasteiger partial charge in [-0.1, -0.05) is 12.1 Å². The van der Waals surface area contributed by atoms with Gasteiger partial charge in [0.15, 0.2) is 11.6 Å². The third-order valence-corrected chi connectivity index (χ3v) is 8.22. The van der Waals surface area contributed by atoms with E-state index < -0.39 is 17.7 Å². The number of allylic oxidation sites excluding steroid dienone is 2. The molecule has 1 saturated heterocycles. The van der Waals surface area contributed by atoms with Crippen LogP contribution >= 0.6 is 12.1 Å². The van der Waals surface area contributed by atoms with Gasteiger partial charge in [0.2, 0.25) is 5.78 Å². The fourth-order valence-electron chi connectivity index (χ4n) is 5.10. The number of fused-ring (bicyclic) bond motifs is 1. The lowest BCUT2D eigenvalue weighted by Gasteiger charge is -2.25. The van der Waals surface area contributed by atoms with Gasteiger partial charge in [0.05, 0.1) is 36.4 Å². The monoisotopic (exact) mass is 592 g/mol. The van der Waals surface area contributed by atoms with Gasteiger partial charge in [-0.05, 0) is 61.4 Å². The normalized spacial score (nSPS) is 17.9. The minimum atomic E-state index is -0.704. The maximum atomic E-state index is 15.4. The van der Waals surface area contributed by atoms with Crippen LogP contribution in [0.25, 0.3) is 16.6 Å². The fraction of sp³-hybridized carbons (Fsp3) is 0.267. The number of nitrogens with zero attached hydrogens (tertiary/aromatic N) is 3. The number of nitrogens with two attached hydrogens (primary N) is 1. The van der Waals surface area contributed by atoms with Gasteiger partial charge in [0, 0.05) is 42.5 Å². The van der Waals surface area contributed by atoms with E-state index in [0.29, 0.717) is 24.5 Å². The molecule has 1 atom stereocenters. The van der Waals surface area contributed by atoms with E-state index in [-0.39, 0.29) is 35.0 Å². The molecule has 1 unspecified atom stereocenters. The van der Waals surface area contributed by atoms with Crippen molar-refractivity contribution in [1.82, 2.24) is 19.1 Å². The Morgan fingerprint density at radius 2 is 1.98 bits per heavy atom. The first kappa shape index (κ1) is 28.0. The average molecular weight is 593 g/mol. The standard InChI is InChI=1S/C30H30F2N6O3S/c1-17-11-19-13-26(35-25(19)15-24(17)36-42-37-7-9-40-10-8-37)29(39)21-16-34-38(30(21)33)28-18(2)12-20(14-23(28)32)41-27-6-4-3-5-22(27)31/h3-6,11-13,15-16,20,35-36H,7-10,14,33H2,1-2H3.